The molecule has 3 rings (SSSR count). The van der Waals surface area contributed by atoms with E-state index in [2.05, 4.69) is 31.9 Å². The van der Waals surface area contributed by atoms with Gasteiger partial charge in [0.25, 0.3) is 0 Å². The van der Waals surface area contributed by atoms with Crippen molar-refractivity contribution in [3.8, 4) is 5.75 Å². The first-order chi connectivity index (χ1) is 9.56. The lowest BCUT2D eigenvalue weighted by Gasteiger charge is -2.08. The van der Waals surface area contributed by atoms with Crippen molar-refractivity contribution < 1.29 is 9.53 Å². The fourth-order valence-electron chi connectivity index (χ4n) is 2.30. The van der Waals surface area contributed by atoms with E-state index < -0.39 is 0 Å². The van der Waals surface area contributed by atoms with Crippen molar-refractivity contribution in [2.75, 3.05) is 6.61 Å². The molecule has 0 unspecified atom stereocenters. The van der Waals surface area contributed by atoms with Crippen LogP contribution in [0.1, 0.15) is 27.0 Å². The van der Waals surface area contributed by atoms with Gasteiger partial charge in [0.1, 0.15) is 5.75 Å². The van der Waals surface area contributed by atoms with Crippen molar-refractivity contribution >= 4 is 37.6 Å². The summed E-state index contributed by atoms with van der Waals surface area (Å²) in [7, 11) is 0. The lowest BCUT2D eigenvalue weighted by molar-refractivity contribution is 0.103. The maximum absolute atomic E-state index is 12.6. The molecule has 1 aliphatic rings. The molecule has 2 aromatic rings. The minimum absolute atomic E-state index is 0.0206. The first-order valence-corrected chi connectivity index (χ1v) is 7.91. The third kappa shape index (κ3) is 2.42. The first kappa shape index (κ1) is 13.8. The van der Waals surface area contributed by atoms with E-state index in [1.54, 1.807) is 0 Å². The molecule has 0 radical (unpaired) electrons. The van der Waals surface area contributed by atoms with Gasteiger partial charge in [0, 0.05) is 26.5 Å². The van der Waals surface area contributed by atoms with Gasteiger partial charge in [0.05, 0.1) is 6.61 Å². The Balaban J connectivity index is 2.03. The zero-order chi connectivity index (χ0) is 14.3. The monoisotopic (exact) mass is 394 g/mol. The lowest BCUT2D eigenvalue weighted by atomic mass is 10.00. The number of hydrogen-bond acceptors (Lipinski definition) is 2. The summed E-state index contributed by atoms with van der Waals surface area (Å²) in [6, 6.07) is 9.46. The summed E-state index contributed by atoms with van der Waals surface area (Å²) in [5, 5.41) is 0. The van der Waals surface area contributed by atoms with E-state index in [0.29, 0.717) is 17.7 Å². The minimum atomic E-state index is 0.0206. The van der Waals surface area contributed by atoms with E-state index in [1.165, 1.54) is 0 Å². The molecule has 0 fully saturated rings. The van der Waals surface area contributed by atoms with Crippen LogP contribution >= 0.6 is 31.9 Å². The maximum Gasteiger partial charge on any atom is 0.194 e. The van der Waals surface area contributed by atoms with Gasteiger partial charge in [-0.25, -0.2) is 0 Å². The highest BCUT2D eigenvalue weighted by molar-refractivity contribution is 9.11. The predicted molar refractivity (Wildman–Crippen MR) is 85.7 cm³/mol. The third-order valence-corrected chi connectivity index (χ3v) is 4.96. The van der Waals surface area contributed by atoms with Crippen LogP contribution in [-0.2, 0) is 6.42 Å². The Hall–Kier alpha value is -1.13. The van der Waals surface area contributed by atoms with Gasteiger partial charge >= 0.3 is 0 Å². The second-order valence-corrected chi connectivity index (χ2v) is 6.54. The van der Waals surface area contributed by atoms with Crippen molar-refractivity contribution in [2.45, 2.75) is 13.3 Å². The molecule has 1 heterocycles. The number of aryl methyl sites for hydroxylation is 1. The molecule has 0 bridgehead atoms. The molecule has 2 aromatic carbocycles. The van der Waals surface area contributed by atoms with Crippen LogP contribution in [0.25, 0.3) is 0 Å². The molecule has 0 spiro atoms. The van der Waals surface area contributed by atoms with Crippen LogP contribution in [0, 0.1) is 6.92 Å². The fraction of sp³-hybridized carbons (Fsp3) is 0.188. The molecular weight excluding hydrogens is 384 g/mol. The fourth-order valence-corrected chi connectivity index (χ4v) is 3.28. The molecule has 20 heavy (non-hydrogen) atoms. The zero-order valence-electron chi connectivity index (χ0n) is 10.9. The summed E-state index contributed by atoms with van der Waals surface area (Å²) < 4.78 is 7.23. The third-order valence-electron chi connectivity index (χ3n) is 3.44. The molecule has 0 N–H and O–H groups in total. The summed E-state index contributed by atoms with van der Waals surface area (Å²) in [4.78, 5) is 12.6. The van der Waals surface area contributed by atoms with Gasteiger partial charge in [0.15, 0.2) is 5.78 Å². The van der Waals surface area contributed by atoms with Gasteiger partial charge in [-0.05, 0) is 48.4 Å². The summed E-state index contributed by atoms with van der Waals surface area (Å²) in [5.41, 5.74) is 3.57. The smallest absolute Gasteiger partial charge is 0.194 e. The average Bonchev–Trinajstić information content (AvgIpc) is 2.89. The topological polar surface area (TPSA) is 26.3 Å². The Morgan fingerprint density at radius 2 is 1.95 bits per heavy atom. The van der Waals surface area contributed by atoms with Gasteiger partial charge in [-0.2, -0.15) is 0 Å². The van der Waals surface area contributed by atoms with E-state index in [9.17, 15) is 4.79 Å². The van der Waals surface area contributed by atoms with Crippen LogP contribution in [0.2, 0.25) is 0 Å². The maximum atomic E-state index is 12.6. The van der Waals surface area contributed by atoms with Gasteiger partial charge in [-0.3, -0.25) is 4.79 Å². The molecule has 4 heteroatoms. The summed E-state index contributed by atoms with van der Waals surface area (Å²) in [6.45, 7) is 2.70. The van der Waals surface area contributed by atoms with Gasteiger partial charge in [-0.1, -0.05) is 31.9 Å². The number of carbonyl (C=O) groups is 1. The van der Waals surface area contributed by atoms with Gasteiger partial charge in [0.2, 0.25) is 0 Å². The highest BCUT2D eigenvalue weighted by Crippen LogP contribution is 2.30. The van der Waals surface area contributed by atoms with Crippen LogP contribution in [0.4, 0.5) is 0 Å². The number of ketones is 1. The standard InChI is InChI=1S/C16H12Br2O2/c1-9-6-14(18)12(8-13(9)17)16(19)11-2-3-15-10(7-11)4-5-20-15/h2-3,6-8H,4-5H2,1H3. The number of halogens is 2. The summed E-state index contributed by atoms with van der Waals surface area (Å²) >= 11 is 6.95. The second-order valence-electron chi connectivity index (χ2n) is 4.83. The Morgan fingerprint density at radius 1 is 1.15 bits per heavy atom. The second kappa shape index (κ2) is 5.34. The molecule has 0 aliphatic carbocycles. The van der Waals surface area contributed by atoms with Gasteiger partial charge < -0.3 is 4.74 Å². The predicted octanol–water partition coefficient (Wildman–Crippen LogP) is 4.69. The number of hydrogen-bond donors (Lipinski definition) is 0. The molecule has 102 valence electrons. The normalized spacial score (nSPS) is 12.9. The largest absolute Gasteiger partial charge is 0.493 e. The highest BCUT2D eigenvalue weighted by atomic mass is 79.9. The summed E-state index contributed by atoms with van der Waals surface area (Å²) in [5.74, 6) is 0.915. The van der Waals surface area contributed by atoms with E-state index in [1.807, 2.05) is 37.3 Å². The molecule has 2 nitrogen and oxygen atoms in total. The SMILES string of the molecule is Cc1cc(Br)c(C(=O)c2ccc3c(c2)CCO3)cc1Br. The van der Waals surface area contributed by atoms with E-state index >= 15 is 0 Å². The quantitative estimate of drug-likeness (QED) is 0.689. The number of carbonyl (C=O) groups excluding carboxylic acids is 1. The van der Waals surface area contributed by atoms with Crippen molar-refractivity contribution in [3.05, 3.63) is 61.5 Å². The Morgan fingerprint density at radius 3 is 2.75 bits per heavy atom. The Labute approximate surface area is 134 Å². The number of fused-ring (bicyclic) bond motifs is 1. The molecule has 1 aliphatic heterocycles. The number of rotatable bonds is 2. The van der Waals surface area contributed by atoms with Crippen LogP contribution in [0.3, 0.4) is 0 Å². The van der Waals surface area contributed by atoms with Crippen LogP contribution in [-0.4, -0.2) is 12.4 Å². The Bertz CT molecular complexity index is 708. The average molecular weight is 396 g/mol. The number of ether oxygens (including phenoxy) is 1. The van der Waals surface area contributed by atoms with Crippen LogP contribution in [0.15, 0.2) is 39.3 Å². The van der Waals surface area contributed by atoms with E-state index in [-0.39, 0.29) is 5.78 Å². The minimum Gasteiger partial charge on any atom is -0.493 e. The van der Waals surface area contributed by atoms with Crippen LogP contribution in [0.5, 0.6) is 5.75 Å². The Kier molecular flexibility index (Phi) is 3.69. The molecule has 0 atom stereocenters. The molecular formula is C16H12Br2O2. The van der Waals surface area contributed by atoms with E-state index in [4.69, 9.17) is 4.74 Å². The van der Waals surface area contributed by atoms with Gasteiger partial charge in [-0.15, -0.1) is 0 Å². The van der Waals surface area contributed by atoms with Crippen molar-refractivity contribution in [2.24, 2.45) is 0 Å². The van der Waals surface area contributed by atoms with Crippen molar-refractivity contribution in [1.29, 1.82) is 0 Å². The lowest BCUT2D eigenvalue weighted by Crippen LogP contribution is -2.03. The van der Waals surface area contributed by atoms with Crippen LogP contribution < -0.4 is 4.74 Å². The molecule has 0 amide bonds. The number of benzene rings is 2. The van der Waals surface area contributed by atoms with Crippen molar-refractivity contribution in [1.82, 2.24) is 0 Å². The van der Waals surface area contributed by atoms with Crippen molar-refractivity contribution in [3.63, 3.8) is 0 Å². The first-order valence-electron chi connectivity index (χ1n) is 6.32. The molecule has 0 saturated heterocycles. The zero-order valence-corrected chi connectivity index (χ0v) is 14.0. The highest BCUT2D eigenvalue weighted by Gasteiger charge is 2.18. The summed E-state index contributed by atoms with van der Waals surface area (Å²) in [6.07, 6.45) is 0.870. The van der Waals surface area contributed by atoms with E-state index in [0.717, 1.165) is 32.2 Å². The molecule has 0 saturated carbocycles. The molecule has 0 aromatic heterocycles.